The molecule has 2 heterocycles. The van der Waals surface area contributed by atoms with Gasteiger partial charge in [-0.25, -0.2) is 4.98 Å². The van der Waals surface area contributed by atoms with Gasteiger partial charge in [-0.1, -0.05) is 41.9 Å². The molecule has 0 radical (unpaired) electrons. The Hall–Kier alpha value is -3.18. The predicted octanol–water partition coefficient (Wildman–Crippen LogP) is 5.78. The third-order valence-corrected chi connectivity index (χ3v) is 4.01. The van der Waals surface area contributed by atoms with Crippen molar-refractivity contribution in [3.63, 3.8) is 0 Å². The van der Waals surface area contributed by atoms with Gasteiger partial charge in [-0.2, -0.15) is 0 Å². The Morgan fingerprint density at radius 1 is 0.880 bits per heavy atom. The Morgan fingerprint density at radius 3 is 2.44 bits per heavy atom. The first kappa shape index (κ1) is 15.4. The first-order valence-electron chi connectivity index (χ1n) is 7.65. The summed E-state index contributed by atoms with van der Waals surface area (Å²) in [7, 11) is 0. The van der Waals surface area contributed by atoms with Crippen molar-refractivity contribution >= 4 is 28.8 Å². The summed E-state index contributed by atoms with van der Waals surface area (Å²) in [5.41, 5.74) is 2.75. The fourth-order valence-corrected chi connectivity index (χ4v) is 2.66. The molecule has 0 spiro atoms. The van der Waals surface area contributed by atoms with Crippen LogP contribution in [-0.4, -0.2) is 14.5 Å². The third kappa shape index (κ3) is 2.97. The van der Waals surface area contributed by atoms with Crippen LogP contribution in [-0.2, 0) is 0 Å². The van der Waals surface area contributed by atoms with Gasteiger partial charge in [-0.05, 0) is 36.4 Å². The number of azo groups is 1. The zero-order valence-electron chi connectivity index (χ0n) is 13.0. The van der Waals surface area contributed by atoms with E-state index in [0.29, 0.717) is 22.2 Å². The van der Waals surface area contributed by atoms with Crippen LogP contribution in [0.1, 0.15) is 0 Å². The minimum Gasteiger partial charge on any atom is -0.506 e. The molecule has 0 aliphatic rings. The maximum atomic E-state index is 9.88. The summed E-state index contributed by atoms with van der Waals surface area (Å²) in [6.45, 7) is 0. The van der Waals surface area contributed by atoms with Crippen LogP contribution in [0.15, 0.2) is 83.2 Å². The van der Waals surface area contributed by atoms with Gasteiger partial charge >= 0.3 is 0 Å². The highest BCUT2D eigenvalue weighted by Crippen LogP contribution is 2.34. The number of aromatic hydroxyl groups is 1. The number of fused-ring (bicyclic) bond motifs is 1. The number of nitrogens with zero attached hydrogens (tertiary/aromatic N) is 4. The van der Waals surface area contributed by atoms with Crippen molar-refractivity contribution in [2.75, 3.05) is 0 Å². The van der Waals surface area contributed by atoms with Crippen LogP contribution >= 0.6 is 11.6 Å². The lowest BCUT2D eigenvalue weighted by molar-refractivity contribution is 0.476. The topological polar surface area (TPSA) is 62.2 Å². The Labute approximate surface area is 148 Å². The molecule has 0 aliphatic carbocycles. The van der Waals surface area contributed by atoms with E-state index >= 15 is 0 Å². The largest absolute Gasteiger partial charge is 0.506 e. The third-order valence-electron chi connectivity index (χ3n) is 3.76. The predicted molar refractivity (Wildman–Crippen MR) is 97.9 cm³/mol. The zero-order chi connectivity index (χ0) is 17.2. The van der Waals surface area contributed by atoms with Crippen LogP contribution in [0.5, 0.6) is 5.75 Å². The summed E-state index contributed by atoms with van der Waals surface area (Å²) in [5, 5.41) is 19.1. The van der Waals surface area contributed by atoms with Gasteiger partial charge in [0.1, 0.15) is 22.8 Å². The number of pyridine rings is 1. The molecule has 0 atom stereocenters. The second kappa shape index (κ2) is 6.37. The molecule has 5 nitrogen and oxygen atoms in total. The number of para-hydroxylation sites is 1. The second-order valence-corrected chi connectivity index (χ2v) is 5.84. The number of benzene rings is 2. The number of phenols is 1. The molecule has 0 saturated heterocycles. The van der Waals surface area contributed by atoms with Gasteiger partial charge < -0.3 is 5.11 Å². The molecule has 25 heavy (non-hydrogen) atoms. The molecule has 0 fully saturated rings. The number of hydrogen-bond donors (Lipinski definition) is 1. The lowest BCUT2D eigenvalue weighted by atomic mass is 10.1. The Balaban J connectivity index is 1.88. The molecular formula is C19H13ClN4O. The second-order valence-electron chi connectivity index (χ2n) is 5.41. The van der Waals surface area contributed by atoms with Gasteiger partial charge in [0.05, 0.1) is 0 Å². The molecule has 2 aromatic carbocycles. The van der Waals surface area contributed by atoms with E-state index < -0.39 is 0 Å². The molecule has 0 amide bonds. The first-order valence-corrected chi connectivity index (χ1v) is 8.03. The van der Waals surface area contributed by atoms with Gasteiger partial charge in [0.2, 0.25) is 0 Å². The molecule has 2 aromatic heterocycles. The molecule has 0 saturated carbocycles. The van der Waals surface area contributed by atoms with Gasteiger partial charge in [0.15, 0.2) is 5.82 Å². The smallest absolute Gasteiger partial charge is 0.187 e. The highest BCUT2D eigenvalue weighted by Gasteiger charge is 2.14. The normalized spacial score (nSPS) is 11.4. The molecule has 4 rings (SSSR count). The van der Waals surface area contributed by atoms with E-state index in [9.17, 15) is 5.11 Å². The summed E-state index contributed by atoms with van der Waals surface area (Å²) in [4.78, 5) is 4.65. The van der Waals surface area contributed by atoms with E-state index in [4.69, 9.17) is 11.6 Å². The minimum atomic E-state index is 0.0770. The minimum absolute atomic E-state index is 0.0770. The summed E-state index contributed by atoms with van der Waals surface area (Å²) < 4.78 is 1.85. The Bertz CT molecular complexity index is 1070. The van der Waals surface area contributed by atoms with Crippen LogP contribution in [0.4, 0.5) is 11.5 Å². The Morgan fingerprint density at radius 2 is 1.64 bits per heavy atom. The average Bonchev–Trinajstić information content (AvgIpc) is 3.00. The van der Waals surface area contributed by atoms with E-state index in [0.717, 1.165) is 11.2 Å². The van der Waals surface area contributed by atoms with Crippen molar-refractivity contribution in [3.8, 4) is 17.0 Å². The van der Waals surface area contributed by atoms with Crippen molar-refractivity contribution in [3.05, 3.63) is 77.9 Å². The van der Waals surface area contributed by atoms with Crippen molar-refractivity contribution in [1.29, 1.82) is 0 Å². The lowest BCUT2D eigenvalue weighted by Crippen LogP contribution is -1.81. The molecule has 1 N–H and O–H groups in total. The average molecular weight is 349 g/mol. The summed E-state index contributed by atoms with van der Waals surface area (Å²) in [6, 6.07) is 19.9. The summed E-state index contributed by atoms with van der Waals surface area (Å²) >= 11 is 5.98. The molecule has 0 aliphatic heterocycles. The van der Waals surface area contributed by atoms with E-state index in [-0.39, 0.29) is 5.75 Å². The molecule has 4 aromatic rings. The van der Waals surface area contributed by atoms with Crippen LogP contribution in [0.25, 0.3) is 16.9 Å². The lowest BCUT2D eigenvalue weighted by Gasteiger charge is -2.00. The van der Waals surface area contributed by atoms with Gasteiger partial charge in [0, 0.05) is 16.8 Å². The van der Waals surface area contributed by atoms with Crippen molar-refractivity contribution in [2.45, 2.75) is 0 Å². The molecule has 6 heteroatoms. The van der Waals surface area contributed by atoms with Crippen molar-refractivity contribution in [1.82, 2.24) is 9.38 Å². The SMILES string of the molecule is Oc1ccccc1N=Nc1c(-c2ccc(Cl)cc2)nc2ccccn12. The van der Waals surface area contributed by atoms with Crippen molar-refractivity contribution in [2.24, 2.45) is 10.2 Å². The van der Waals surface area contributed by atoms with Crippen LogP contribution in [0, 0.1) is 0 Å². The highest BCUT2D eigenvalue weighted by molar-refractivity contribution is 6.30. The quantitative estimate of drug-likeness (QED) is 0.477. The molecule has 0 bridgehead atoms. The molecule has 0 unspecified atom stereocenters. The summed E-state index contributed by atoms with van der Waals surface area (Å²) in [6.07, 6.45) is 1.88. The maximum absolute atomic E-state index is 9.88. The van der Waals surface area contributed by atoms with E-state index in [2.05, 4.69) is 15.2 Å². The maximum Gasteiger partial charge on any atom is 0.187 e. The standard InChI is InChI=1S/C19H13ClN4O/c20-14-10-8-13(9-11-14)18-19(24-12-4-3-7-17(24)21-18)23-22-15-5-1-2-6-16(15)25/h1-12,25H. The number of imidazole rings is 1. The van der Waals surface area contributed by atoms with E-state index in [1.165, 1.54) is 0 Å². The van der Waals surface area contributed by atoms with Gasteiger partial charge in [-0.15, -0.1) is 10.2 Å². The van der Waals surface area contributed by atoms with E-state index in [1.54, 1.807) is 24.3 Å². The first-order chi connectivity index (χ1) is 12.2. The van der Waals surface area contributed by atoms with Crippen molar-refractivity contribution < 1.29 is 5.11 Å². The van der Waals surface area contributed by atoms with Crippen LogP contribution < -0.4 is 0 Å². The fraction of sp³-hybridized carbons (Fsp3) is 0. The molecular weight excluding hydrogens is 336 g/mol. The Kier molecular flexibility index (Phi) is 3.91. The van der Waals surface area contributed by atoms with Crippen LogP contribution in [0.2, 0.25) is 5.02 Å². The fourth-order valence-electron chi connectivity index (χ4n) is 2.53. The van der Waals surface area contributed by atoms with E-state index in [1.807, 2.05) is 53.1 Å². The van der Waals surface area contributed by atoms with Gasteiger partial charge in [0.25, 0.3) is 0 Å². The number of hydrogen-bond acceptors (Lipinski definition) is 4. The highest BCUT2D eigenvalue weighted by atomic mass is 35.5. The van der Waals surface area contributed by atoms with Crippen LogP contribution in [0.3, 0.4) is 0 Å². The zero-order valence-corrected chi connectivity index (χ0v) is 13.8. The number of aromatic nitrogens is 2. The molecule has 122 valence electrons. The summed E-state index contributed by atoms with van der Waals surface area (Å²) in [5.74, 6) is 0.661. The van der Waals surface area contributed by atoms with Gasteiger partial charge in [-0.3, -0.25) is 4.40 Å². The monoisotopic (exact) mass is 348 g/mol. The number of halogens is 1. The number of rotatable bonds is 3. The number of phenolic OH excluding ortho intramolecular Hbond substituents is 1.